The van der Waals surface area contributed by atoms with E-state index in [4.69, 9.17) is 0 Å². The minimum Gasteiger partial charge on any atom is -0.309 e. The molecule has 39 heavy (non-hydrogen) atoms. The molecule has 0 radical (unpaired) electrons. The van der Waals surface area contributed by atoms with E-state index < -0.39 is 0 Å². The van der Waals surface area contributed by atoms with E-state index in [1.807, 2.05) is 0 Å². The molecule has 0 unspecified atom stereocenters. The molecule has 1 nitrogen and oxygen atoms in total. The molecule has 182 valence electrons. The first-order valence-electron chi connectivity index (χ1n) is 13.7. The average molecular weight is 496 g/mol. The van der Waals surface area contributed by atoms with Gasteiger partial charge in [0.2, 0.25) is 0 Å². The SMILES string of the molecule is Cc1ccc2c(c1)C1(c3ccccc3-c3ccccc31)c1cc(-n3c4ccccc4c4ccccc43)ccc1-2. The van der Waals surface area contributed by atoms with Crippen molar-refractivity contribution in [2.75, 3.05) is 0 Å². The Balaban J connectivity index is 1.44. The summed E-state index contributed by atoms with van der Waals surface area (Å²) in [5.74, 6) is 0. The van der Waals surface area contributed by atoms with Crippen LogP contribution in [-0.2, 0) is 5.41 Å². The number of aryl methyl sites for hydroxylation is 1. The molecule has 0 fully saturated rings. The van der Waals surface area contributed by atoms with Gasteiger partial charge in [-0.25, -0.2) is 0 Å². The fourth-order valence-corrected chi connectivity index (χ4v) is 7.58. The van der Waals surface area contributed by atoms with E-state index in [-0.39, 0.29) is 5.41 Å². The Morgan fingerprint density at radius 2 is 0.923 bits per heavy atom. The van der Waals surface area contributed by atoms with Gasteiger partial charge in [-0.3, -0.25) is 0 Å². The van der Waals surface area contributed by atoms with Crippen molar-refractivity contribution in [3.63, 3.8) is 0 Å². The second kappa shape index (κ2) is 7.36. The first-order chi connectivity index (χ1) is 19.3. The van der Waals surface area contributed by atoms with Gasteiger partial charge in [-0.05, 0) is 75.7 Å². The predicted molar refractivity (Wildman–Crippen MR) is 162 cm³/mol. The van der Waals surface area contributed by atoms with Crippen LogP contribution in [0.15, 0.2) is 133 Å². The molecule has 1 spiro atoms. The van der Waals surface area contributed by atoms with Crippen LogP contribution in [-0.4, -0.2) is 4.57 Å². The molecule has 2 aliphatic rings. The van der Waals surface area contributed by atoms with Crippen molar-refractivity contribution >= 4 is 21.8 Å². The average Bonchev–Trinajstić information content (AvgIpc) is 3.58. The highest BCUT2D eigenvalue weighted by molar-refractivity contribution is 6.09. The maximum atomic E-state index is 2.47. The van der Waals surface area contributed by atoms with Gasteiger partial charge in [-0.1, -0.05) is 115 Å². The summed E-state index contributed by atoms with van der Waals surface area (Å²) in [7, 11) is 0. The van der Waals surface area contributed by atoms with Gasteiger partial charge in [-0.15, -0.1) is 0 Å². The number of hydrogen-bond acceptors (Lipinski definition) is 0. The molecule has 2 aliphatic carbocycles. The zero-order chi connectivity index (χ0) is 25.7. The van der Waals surface area contributed by atoms with Crippen molar-refractivity contribution in [2.45, 2.75) is 12.3 Å². The molecule has 0 amide bonds. The van der Waals surface area contributed by atoms with Crippen molar-refractivity contribution < 1.29 is 0 Å². The van der Waals surface area contributed by atoms with Crippen molar-refractivity contribution in [3.05, 3.63) is 161 Å². The molecule has 6 aromatic carbocycles. The summed E-state index contributed by atoms with van der Waals surface area (Å²) in [5.41, 5.74) is 15.6. The Kier molecular flexibility index (Phi) is 3.98. The summed E-state index contributed by atoms with van der Waals surface area (Å²) >= 11 is 0. The zero-order valence-electron chi connectivity index (χ0n) is 21.6. The first kappa shape index (κ1) is 21.1. The summed E-state index contributed by atoms with van der Waals surface area (Å²) in [5, 5.41) is 2.58. The number of rotatable bonds is 1. The first-order valence-corrected chi connectivity index (χ1v) is 13.7. The molecule has 1 aromatic heterocycles. The Morgan fingerprint density at radius 3 is 1.56 bits per heavy atom. The van der Waals surface area contributed by atoms with Crippen LogP contribution in [0.1, 0.15) is 27.8 Å². The third-order valence-electron chi connectivity index (χ3n) is 9.07. The highest BCUT2D eigenvalue weighted by Gasteiger charge is 2.51. The van der Waals surface area contributed by atoms with E-state index in [1.54, 1.807) is 0 Å². The Bertz CT molecular complexity index is 2040. The number of aromatic nitrogens is 1. The Morgan fingerprint density at radius 1 is 0.436 bits per heavy atom. The van der Waals surface area contributed by atoms with Crippen LogP contribution < -0.4 is 0 Å². The van der Waals surface area contributed by atoms with Gasteiger partial charge in [0.1, 0.15) is 0 Å². The van der Waals surface area contributed by atoms with Gasteiger partial charge in [0.05, 0.1) is 16.4 Å². The predicted octanol–water partition coefficient (Wildman–Crippen LogP) is 9.44. The third kappa shape index (κ3) is 2.51. The van der Waals surface area contributed by atoms with Gasteiger partial charge in [0, 0.05) is 16.5 Å². The number of fused-ring (bicyclic) bond motifs is 13. The quantitative estimate of drug-likeness (QED) is 0.214. The molecule has 0 saturated heterocycles. The van der Waals surface area contributed by atoms with Gasteiger partial charge in [0.15, 0.2) is 0 Å². The third-order valence-corrected chi connectivity index (χ3v) is 9.07. The molecule has 0 bridgehead atoms. The highest BCUT2D eigenvalue weighted by atomic mass is 15.0. The highest BCUT2D eigenvalue weighted by Crippen LogP contribution is 2.63. The van der Waals surface area contributed by atoms with Crippen LogP contribution in [0, 0.1) is 6.92 Å². The summed E-state index contributed by atoms with van der Waals surface area (Å²) < 4.78 is 2.44. The van der Waals surface area contributed by atoms with Crippen LogP contribution in [0.5, 0.6) is 0 Å². The molecular formula is C38H25N. The largest absolute Gasteiger partial charge is 0.309 e. The molecular weight excluding hydrogens is 470 g/mol. The molecule has 0 saturated carbocycles. The zero-order valence-corrected chi connectivity index (χ0v) is 21.6. The van der Waals surface area contributed by atoms with Crippen LogP contribution in [0.25, 0.3) is 49.7 Å². The van der Waals surface area contributed by atoms with Gasteiger partial charge >= 0.3 is 0 Å². The van der Waals surface area contributed by atoms with Crippen LogP contribution in [0.2, 0.25) is 0 Å². The minimum atomic E-state index is -0.335. The summed E-state index contributed by atoms with van der Waals surface area (Å²) in [6, 6.07) is 49.8. The van der Waals surface area contributed by atoms with Gasteiger partial charge in [-0.2, -0.15) is 0 Å². The number of benzene rings is 6. The van der Waals surface area contributed by atoms with E-state index in [0.717, 1.165) is 0 Å². The second-order valence-corrected chi connectivity index (χ2v) is 11.0. The van der Waals surface area contributed by atoms with Crippen LogP contribution in [0.3, 0.4) is 0 Å². The van der Waals surface area contributed by atoms with Crippen molar-refractivity contribution in [2.24, 2.45) is 0 Å². The number of para-hydroxylation sites is 2. The second-order valence-electron chi connectivity index (χ2n) is 11.0. The fourth-order valence-electron chi connectivity index (χ4n) is 7.58. The van der Waals surface area contributed by atoms with E-state index in [1.165, 1.54) is 77.6 Å². The lowest BCUT2D eigenvalue weighted by Gasteiger charge is -2.31. The molecule has 1 heterocycles. The van der Waals surface area contributed by atoms with E-state index >= 15 is 0 Å². The Labute approximate surface area is 227 Å². The summed E-state index contributed by atoms with van der Waals surface area (Å²) in [6.07, 6.45) is 0. The smallest absolute Gasteiger partial charge is 0.0726 e. The molecule has 1 heteroatoms. The van der Waals surface area contributed by atoms with Crippen LogP contribution >= 0.6 is 0 Å². The van der Waals surface area contributed by atoms with E-state index in [0.29, 0.717) is 0 Å². The summed E-state index contributed by atoms with van der Waals surface area (Å²) in [4.78, 5) is 0. The number of nitrogens with zero attached hydrogens (tertiary/aromatic N) is 1. The number of hydrogen-bond donors (Lipinski definition) is 0. The fraction of sp³-hybridized carbons (Fsp3) is 0.0526. The molecule has 9 rings (SSSR count). The van der Waals surface area contributed by atoms with Gasteiger partial charge in [0.25, 0.3) is 0 Å². The molecule has 7 aromatic rings. The maximum absolute atomic E-state index is 2.47. The van der Waals surface area contributed by atoms with Crippen LogP contribution in [0.4, 0.5) is 0 Å². The standard InChI is InChI=1S/C38H25N/c1-24-18-20-28-29-21-19-25(39-36-16-8-4-12-30(36)31-13-5-9-17-37(31)39)23-35(29)38(34(28)22-24)32-14-6-2-10-26(32)27-11-3-7-15-33(27)38/h2-23H,1H3. The van der Waals surface area contributed by atoms with Crippen molar-refractivity contribution in [1.82, 2.24) is 4.57 Å². The summed E-state index contributed by atoms with van der Waals surface area (Å²) in [6.45, 7) is 2.22. The van der Waals surface area contributed by atoms with Crippen molar-refractivity contribution in [3.8, 4) is 27.9 Å². The Hall–Kier alpha value is -4.88. The topological polar surface area (TPSA) is 4.93 Å². The lowest BCUT2D eigenvalue weighted by molar-refractivity contribution is 0.791. The lowest BCUT2D eigenvalue weighted by atomic mass is 9.70. The molecule has 0 N–H and O–H groups in total. The van der Waals surface area contributed by atoms with E-state index in [2.05, 4.69) is 145 Å². The van der Waals surface area contributed by atoms with Crippen molar-refractivity contribution in [1.29, 1.82) is 0 Å². The normalized spacial score (nSPS) is 14.0. The minimum absolute atomic E-state index is 0.335. The maximum Gasteiger partial charge on any atom is 0.0726 e. The van der Waals surface area contributed by atoms with Gasteiger partial charge < -0.3 is 4.57 Å². The molecule has 0 aliphatic heterocycles. The molecule has 0 atom stereocenters. The lowest BCUT2D eigenvalue weighted by Crippen LogP contribution is -2.26. The monoisotopic (exact) mass is 495 g/mol. The van der Waals surface area contributed by atoms with E-state index in [9.17, 15) is 0 Å².